The number of halogens is 1. The first-order valence-corrected chi connectivity index (χ1v) is 3.29. The van der Waals surface area contributed by atoms with E-state index in [4.69, 9.17) is 9.84 Å². The Hall–Kier alpha value is 0.400. The number of aliphatic hydroxyl groups excluding tert-OH is 1. The van der Waals surface area contributed by atoms with Gasteiger partial charge in [0.1, 0.15) is 0 Å². The second-order valence-electron chi connectivity index (χ2n) is 1.06. The number of hydrogen-bond acceptors (Lipinski definition) is 2. The summed E-state index contributed by atoms with van der Waals surface area (Å²) in [7, 11) is 0. The van der Waals surface area contributed by atoms with Crippen LogP contribution in [0.15, 0.2) is 0 Å². The maximum Gasteiger partial charge on any atom is 0.164 e. The molecular weight excluding hydrogens is 160 g/mol. The fraction of sp³-hybridized carbons (Fsp3) is 1.00. The molecule has 0 aliphatic rings. The largest absolute Gasteiger partial charge is 0.367 e. The minimum atomic E-state index is -0.634. The molecule has 0 bridgehead atoms. The highest BCUT2D eigenvalue weighted by molar-refractivity contribution is 9.09. The van der Waals surface area contributed by atoms with Crippen molar-refractivity contribution < 1.29 is 9.84 Å². The van der Waals surface area contributed by atoms with Crippen LogP contribution in [0, 0.1) is 0 Å². The number of alkyl halides is 1. The van der Waals surface area contributed by atoms with Crippen molar-refractivity contribution in [3.05, 3.63) is 0 Å². The molecule has 0 spiro atoms. The Labute approximate surface area is 51.6 Å². The van der Waals surface area contributed by atoms with E-state index in [1.807, 2.05) is 6.92 Å². The van der Waals surface area contributed by atoms with E-state index in [1.165, 1.54) is 0 Å². The average molecular weight is 169 g/mol. The summed E-state index contributed by atoms with van der Waals surface area (Å²) in [6.45, 7) is 2.40. The number of aliphatic hydroxyl groups is 1. The van der Waals surface area contributed by atoms with E-state index in [0.29, 0.717) is 11.9 Å². The highest BCUT2D eigenvalue weighted by Gasteiger charge is 1.95. The normalized spacial score (nSPS) is 14.1. The van der Waals surface area contributed by atoms with E-state index in [-0.39, 0.29) is 0 Å². The molecule has 44 valence electrons. The van der Waals surface area contributed by atoms with Crippen LogP contribution in [0.4, 0.5) is 0 Å². The summed E-state index contributed by atoms with van der Waals surface area (Å²) in [5.41, 5.74) is 0. The third kappa shape index (κ3) is 4.25. The maximum atomic E-state index is 8.59. The first kappa shape index (κ1) is 7.40. The van der Waals surface area contributed by atoms with Crippen LogP contribution >= 0.6 is 15.9 Å². The van der Waals surface area contributed by atoms with Crippen LogP contribution in [0.1, 0.15) is 6.92 Å². The van der Waals surface area contributed by atoms with Crippen molar-refractivity contribution in [3.63, 3.8) is 0 Å². The minimum absolute atomic E-state index is 0.487. The van der Waals surface area contributed by atoms with Crippen LogP contribution in [0.25, 0.3) is 0 Å². The van der Waals surface area contributed by atoms with E-state index < -0.39 is 6.29 Å². The topological polar surface area (TPSA) is 29.5 Å². The van der Waals surface area contributed by atoms with E-state index in [9.17, 15) is 0 Å². The third-order valence-electron chi connectivity index (χ3n) is 0.491. The van der Waals surface area contributed by atoms with Gasteiger partial charge in [0.25, 0.3) is 0 Å². The molecule has 0 aliphatic carbocycles. The Morgan fingerprint density at radius 1 is 1.86 bits per heavy atom. The molecule has 7 heavy (non-hydrogen) atoms. The SMILES string of the molecule is CCO[C@H](O)CBr. The Bertz CT molecular complexity index is 40.7. The highest BCUT2D eigenvalue weighted by Crippen LogP contribution is 1.90. The second-order valence-corrected chi connectivity index (χ2v) is 1.71. The maximum absolute atomic E-state index is 8.59. The first-order valence-electron chi connectivity index (χ1n) is 2.17. The molecular formula is C4H9BrO2. The Kier molecular flexibility index (Phi) is 4.82. The fourth-order valence-electron chi connectivity index (χ4n) is 0.237. The van der Waals surface area contributed by atoms with Crippen molar-refractivity contribution in [2.75, 3.05) is 11.9 Å². The van der Waals surface area contributed by atoms with Crippen molar-refractivity contribution in [3.8, 4) is 0 Å². The summed E-state index contributed by atoms with van der Waals surface area (Å²) >= 11 is 3.04. The van der Waals surface area contributed by atoms with Gasteiger partial charge in [-0.25, -0.2) is 0 Å². The van der Waals surface area contributed by atoms with E-state index in [1.54, 1.807) is 0 Å². The molecule has 0 heterocycles. The molecule has 0 rings (SSSR count). The zero-order valence-electron chi connectivity index (χ0n) is 4.22. The molecule has 2 nitrogen and oxygen atoms in total. The van der Waals surface area contributed by atoms with Gasteiger partial charge in [-0.2, -0.15) is 0 Å². The van der Waals surface area contributed by atoms with Gasteiger partial charge in [-0.15, -0.1) is 0 Å². The zero-order chi connectivity index (χ0) is 5.70. The lowest BCUT2D eigenvalue weighted by atomic mass is 10.7. The van der Waals surface area contributed by atoms with Crippen LogP contribution in [-0.4, -0.2) is 23.3 Å². The summed E-state index contributed by atoms with van der Waals surface area (Å²) < 4.78 is 4.70. The molecule has 0 aromatic rings. The number of ether oxygens (including phenoxy) is 1. The molecule has 0 fully saturated rings. The summed E-state index contributed by atoms with van der Waals surface area (Å²) in [6, 6.07) is 0. The van der Waals surface area contributed by atoms with Crippen LogP contribution in [-0.2, 0) is 4.74 Å². The molecule has 0 unspecified atom stereocenters. The quantitative estimate of drug-likeness (QED) is 0.498. The van der Waals surface area contributed by atoms with Crippen LogP contribution in [0.5, 0.6) is 0 Å². The van der Waals surface area contributed by atoms with Gasteiger partial charge in [0.05, 0.1) is 5.33 Å². The smallest absolute Gasteiger partial charge is 0.164 e. The number of rotatable bonds is 3. The van der Waals surface area contributed by atoms with Gasteiger partial charge in [0.2, 0.25) is 0 Å². The van der Waals surface area contributed by atoms with Crippen molar-refractivity contribution in [2.45, 2.75) is 13.2 Å². The second kappa shape index (κ2) is 4.56. The predicted molar refractivity (Wildman–Crippen MR) is 31.4 cm³/mol. The van der Waals surface area contributed by atoms with Crippen LogP contribution in [0.3, 0.4) is 0 Å². The van der Waals surface area contributed by atoms with Gasteiger partial charge in [0, 0.05) is 6.61 Å². The van der Waals surface area contributed by atoms with E-state index >= 15 is 0 Å². The predicted octanol–water partition coefficient (Wildman–Crippen LogP) is 0.736. The van der Waals surface area contributed by atoms with Crippen molar-refractivity contribution >= 4 is 15.9 Å². The number of hydrogen-bond donors (Lipinski definition) is 1. The standard InChI is InChI=1S/C4H9BrO2/c1-2-7-4(6)3-5/h4,6H,2-3H2,1H3/t4-/m0/s1. The fourth-order valence-corrected chi connectivity index (χ4v) is 0.424. The van der Waals surface area contributed by atoms with E-state index in [2.05, 4.69) is 15.9 Å². The summed E-state index contributed by atoms with van der Waals surface area (Å²) in [5.74, 6) is 0. The molecule has 0 aromatic heterocycles. The summed E-state index contributed by atoms with van der Waals surface area (Å²) in [4.78, 5) is 0. The average Bonchev–Trinajstić information content (AvgIpc) is 1.68. The van der Waals surface area contributed by atoms with Gasteiger partial charge in [-0.3, -0.25) is 0 Å². The Morgan fingerprint density at radius 2 is 2.43 bits per heavy atom. The molecule has 0 saturated carbocycles. The lowest BCUT2D eigenvalue weighted by Gasteiger charge is -2.03. The van der Waals surface area contributed by atoms with Crippen molar-refractivity contribution in [1.29, 1.82) is 0 Å². The lowest BCUT2D eigenvalue weighted by Crippen LogP contribution is -2.12. The zero-order valence-corrected chi connectivity index (χ0v) is 5.81. The van der Waals surface area contributed by atoms with Gasteiger partial charge >= 0.3 is 0 Å². The Morgan fingerprint density at radius 3 is 2.57 bits per heavy atom. The molecule has 0 amide bonds. The van der Waals surface area contributed by atoms with Crippen LogP contribution < -0.4 is 0 Å². The lowest BCUT2D eigenvalue weighted by molar-refractivity contribution is -0.0756. The molecule has 1 atom stereocenters. The molecule has 1 N–H and O–H groups in total. The van der Waals surface area contributed by atoms with Crippen LogP contribution in [0.2, 0.25) is 0 Å². The molecule has 3 heteroatoms. The van der Waals surface area contributed by atoms with Crippen molar-refractivity contribution in [2.24, 2.45) is 0 Å². The monoisotopic (exact) mass is 168 g/mol. The van der Waals surface area contributed by atoms with Gasteiger partial charge in [-0.05, 0) is 6.92 Å². The third-order valence-corrected chi connectivity index (χ3v) is 1.04. The first-order chi connectivity index (χ1) is 3.31. The van der Waals surface area contributed by atoms with Gasteiger partial charge in [-0.1, -0.05) is 15.9 Å². The summed E-state index contributed by atoms with van der Waals surface area (Å²) in [6.07, 6.45) is -0.634. The molecule has 0 radical (unpaired) electrons. The molecule has 0 saturated heterocycles. The van der Waals surface area contributed by atoms with Gasteiger partial charge in [0.15, 0.2) is 6.29 Å². The minimum Gasteiger partial charge on any atom is -0.367 e. The summed E-state index contributed by atoms with van der Waals surface area (Å²) in [5, 5.41) is 9.08. The van der Waals surface area contributed by atoms with Crippen molar-refractivity contribution in [1.82, 2.24) is 0 Å². The van der Waals surface area contributed by atoms with E-state index in [0.717, 1.165) is 0 Å². The Balaban J connectivity index is 2.83. The molecule has 0 aromatic carbocycles. The molecule has 0 aliphatic heterocycles. The highest BCUT2D eigenvalue weighted by atomic mass is 79.9. The van der Waals surface area contributed by atoms with Gasteiger partial charge < -0.3 is 9.84 Å².